The number of rotatable bonds is 8. The van der Waals surface area contributed by atoms with Gasteiger partial charge in [-0.25, -0.2) is 0 Å². The summed E-state index contributed by atoms with van der Waals surface area (Å²) in [6.07, 6.45) is 7.18. The molecule has 0 amide bonds. The molecule has 0 atom stereocenters. The average Bonchev–Trinajstić information content (AvgIpc) is 2.99. The second-order valence-electron chi connectivity index (χ2n) is 4.03. The third kappa shape index (κ3) is 5.80. The van der Waals surface area contributed by atoms with Crippen molar-refractivity contribution in [3.63, 3.8) is 0 Å². The number of amidine groups is 1. The lowest BCUT2D eigenvalue weighted by molar-refractivity contribution is 0.316. The van der Waals surface area contributed by atoms with Gasteiger partial charge in [0.2, 0.25) is 0 Å². The van der Waals surface area contributed by atoms with Crippen LogP contribution in [0.15, 0.2) is 5.16 Å². The van der Waals surface area contributed by atoms with E-state index in [1.165, 1.54) is 25.7 Å². The Kier molecular flexibility index (Phi) is 5.37. The van der Waals surface area contributed by atoms with Crippen LogP contribution in [0.1, 0.15) is 38.5 Å². The summed E-state index contributed by atoms with van der Waals surface area (Å²) in [5.41, 5.74) is 5.33. The topological polar surface area (TPSA) is 70.6 Å². The van der Waals surface area contributed by atoms with Crippen molar-refractivity contribution in [3.8, 4) is 0 Å². The molecule has 0 aromatic heterocycles. The van der Waals surface area contributed by atoms with Gasteiger partial charge in [-0.3, -0.25) is 0 Å². The van der Waals surface area contributed by atoms with E-state index < -0.39 is 0 Å². The first-order chi connectivity index (χ1) is 6.83. The molecule has 4 N–H and O–H groups in total. The Labute approximate surface area is 85.6 Å². The van der Waals surface area contributed by atoms with E-state index in [-0.39, 0.29) is 0 Å². The molecule has 1 aliphatic carbocycles. The molecule has 1 fully saturated rings. The van der Waals surface area contributed by atoms with Gasteiger partial charge in [-0.15, -0.1) is 0 Å². The summed E-state index contributed by atoms with van der Waals surface area (Å²) in [7, 11) is 0. The highest BCUT2D eigenvalue weighted by atomic mass is 16.4. The molecular formula is C10H21N3O. The predicted octanol–water partition coefficient (Wildman–Crippen LogP) is 1.29. The summed E-state index contributed by atoms with van der Waals surface area (Å²) in [5.74, 6) is 1.36. The second-order valence-corrected chi connectivity index (χ2v) is 4.03. The summed E-state index contributed by atoms with van der Waals surface area (Å²) < 4.78 is 0. The molecule has 1 aliphatic rings. The van der Waals surface area contributed by atoms with Gasteiger partial charge in [0.1, 0.15) is 5.84 Å². The SMILES string of the molecule is NC(CCCNCCCC1CC1)=NO. The molecule has 4 heteroatoms. The van der Waals surface area contributed by atoms with Crippen LogP contribution < -0.4 is 11.1 Å². The Bertz CT molecular complexity index is 178. The first-order valence-corrected chi connectivity index (χ1v) is 5.50. The lowest BCUT2D eigenvalue weighted by Crippen LogP contribution is -2.19. The molecule has 0 aromatic rings. The summed E-state index contributed by atoms with van der Waals surface area (Å²) in [4.78, 5) is 0. The van der Waals surface area contributed by atoms with Crippen molar-refractivity contribution in [3.05, 3.63) is 0 Å². The van der Waals surface area contributed by atoms with Gasteiger partial charge in [0, 0.05) is 6.42 Å². The van der Waals surface area contributed by atoms with E-state index in [0.29, 0.717) is 12.3 Å². The Morgan fingerprint density at radius 2 is 2.07 bits per heavy atom. The summed E-state index contributed by atoms with van der Waals surface area (Å²) >= 11 is 0. The Balaban J connectivity index is 1.74. The average molecular weight is 199 g/mol. The molecule has 0 unspecified atom stereocenters. The van der Waals surface area contributed by atoms with Crippen LogP contribution in [0.25, 0.3) is 0 Å². The van der Waals surface area contributed by atoms with Crippen LogP contribution in [-0.2, 0) is 0 Å². The van der Waals surface area contributed by atoms with E-state index in [0.717, 1.165) is 25.4 Å². The van der Waals surface area contributed by atoms with Crippen LogP contribution in [0.2, 0.25) is 0 Å². The summed E-state index contributed by atoms with van der Waals surface area (Å²) in [5, 5.41) is 14.6. The number of nitrogens with two attached hydrogens (primary N) is 1. The van der Waals surface area contributed by atoms with Gasteiger partial charge < -0.3 is 16.3 Å². The van der Waals surface area contributed by atoms with Crippen LogP contribution in [0.3, 0.4) is 0 Å². The van der Waals surface area contributed by atoms with E-state index >= 15 is 0 Å². The number of nitrogens with zero attached hydrogens (tertiary/aromatic N) is 1. The zero-order chi connectivity index (χ0) is 10.2. The summed E-state index contributed by atoms with van der Waals surface area (Å²) in [6, 6.07) is 0. The normalized spacial score (nSPS) is 17.3. The van der Waals surface area contributed by atoms with Gasteiger partial charge in [0.05, 0.1) is 0 Å². The van der Waals surface area contributed by atoms with E-state index in [9.17, 15) is 0 Å². The Morgan fingerprint density at radius 1 is 1.36 bits per heavy atom. The van der Waals surface area contributed by atoms with Gasteiger partial charge in [-0.1, -0.05) is 18.0 Å². The second kappa shape index (κ2) is 6.65. The maximum absolute atomic E-state index is 8.29. The number of nitrogens with one attached hydrogen (secondary N) is 1. The smallest absolute Gasteiger partial charge is 0.139 e. The Morgan fingerprint density at radius 3 is 2.71 bits per heavy atom. The maximum Gasteiger partial charge on any atom is 0.139 e. The first kappa shape index (κ1) is 11.3. The fourth-order valence-corrected chi connectivity index (χ4v) is 1.49. The molecule has 0 aromatic carbocycles. The van der Waals surface area contributed by atoms with E-state index in [1.54, 1.807) is 0 Å². The van der Waals surface area contributed by atoms with Gasteiger partial charge in [0.15, 0.2) is 0 Å². The lowest BCUT2D eigenvalue weighted by Gasteiger charge is -2.03. The first-order valence-electron chi connectivity index (χ1n) is 5.50. The van der Waals surface area contributed by atoms with Crippen LogP contribution in [0.5, 0.6) is 0 Å². The van der Waals surface area contributed by atoms with Crippen LogP contribution >= 0.6 is 0 Å². The molecule has 0 spiro atoms. The number of oxime groups is 1. The van der Waals surface area contributed by atoms with Crippen molar-refractivity contribution in [1.29, 1.82) is 0 Å². The molecule has 14 heavy (non-hydrogen) atoms. The Hall–Kier alpha value is -0.770. The van der Waals surface area contributed by atoms with Crippen molar-refractivity contribution in [2.45, 2.75) is 38.5 Å². The molecule has 0 heterocycles. The zero-order valence-electron chi connectivity index (χ0n) is 8.71. The standard InChI is InChI=1S/C10H21N3O/c11-10(13-14)4-2-8-12-7-1-3-9-5-6-9/h9,12,14H,1-8H2,(H2,11,13). The minimum Gasteiger partial charge on any atom is -0.409 e. The zero-order valence-corrected chi connectivity index (χ0v) is 8.71. The largest absolute Gasteiger partial charge is 0.409 e. The van der Waals surface area contributed by atoms with Crippen molar-refractivity contribution < 1.29 is 5.21 Å². The van der Waals surface area contributed by atoms with E-state index in [2.05, 4.69) is 10.5 Å². The minimum absolute atomic E-state index is 0.324. The lowest BCUT2D eigenvalue weighted by atomic mass is 10.2. The van der Waals surface area contributed by atoms with Crippen molar-refractivity contribution in [1.82, 2.24) is 5.32 Å². The van der Waals surface area contributed by atoms with Crippen LogP contribution in [0.4, 0.5) is 0 Å². The molecule has 1 rings (SSSR count). The third-order valence-electron chi connectivity index (χ3n) is 2.58. The highest BCUT2D eigenvalue weighted by Crippen LogP contribution is 2.33. The van der Waals surface area contributed by atoms with Gasteiger partial charge >= 0.3 is 0 Å². The van der Waals surface area contributed by atoms with Gasteiger partial charge in [0.25, 0.3) is 0 Å². The highest BCUT2D eigenvalue weighted by molar-refractivity contribution is 5.79. The fourth-order valence-electron chi connectivity index (χ4n) is 1.49. The molecule has 82 valence electrons. The maximum atomic E-state index is 8.29. The number of hydrogen-bond acceptors (Lipinski definition) is 3. The molecule has 0 aliphatic heterocycles. The molecule has 0 saturated heterocycles. The fraction of sp³-hybridized carbons (Fsp3) is 0.900. The molecule has 1 saturated carbocycles. The van der Waals surface area contributed by atoms with Gasteiger partial charge in [-0.05, 0) is 38.3 Å². The highest BCUT2D eigenvalue weighted by Gasteiger charge is 2.19. The predicted molar refractivity (Wildman–Crippen MR) is 57.5 cm³/mol. The molecule has 0 radical (unpaired) electrons. The monoisotopic (exact) mass is 199 g/mol. The van der Waals surface area contributed by atoms with Crippen molar-refractivity contribution in [2.24, 2.45) is 16.8 Å². The minimum atomic E-state index is 0.324. The summed E-state index contributed by atoms with van der Waals surface area (Å²) in [6.45, 7) is 2.06. The van der Waals surface area contributed by atoms with Crippen LogP contribution in [0, 0.1) is 5.92 Å². The van der Waals surface area contributed by atoms with E-state index in [4.69, 9.17) is 10.9 Å². The molecular weight excluding hydrogens is 178 g/mol. The molecule has 4 nitrogen and oxygen atoms in total. The third-order valence-corrected chi connectivity index (χ3v) is 2.58. The van der Waals surface area contributed by atoms with Crippen LogP contribution in [-0.4, -0.2) is 24.1 Å². The van der Waals surface area contributed by atoms with Crippen molar-refractivity contribution >= 4 is 5.84 Å². The quantitative estimate of drug-likeness (QED) is 0.181. The van der Waals surface area contributed by atoms with Gasteiger partial charge in [-0.2, -0.15) is 0 Å². The molecule has 0 bridgehead atoms. The number of hydrogen-bond donors (Lipinski definition) is 3. The van der Waals surface area contributed by atoms with E-state index in [1.807, 2.05) is 0 Å². The van der Waals surface area contributed by atoms with Crippen molar-refractivity contribution in [2.75, 3.05) is 13.1 Å².